The summed E-state index contributed by atoms with van der Waals surface area (Å²) in [6.45, 7) is 0.960. The molecular formula is C22H23Cl2NO5. The highest BCUT2D eigenvalue weighted by Gasteiger charge is 2.23. The minimum Gasteiger partial charge on any atom is -0.496 e. The molecule has 0 aromatic heterocycles. The molecule has 6 nitrogen and oxygen atoms in total. The number of amides is 1. The summed E-state index contributed by atoms with van der Waals surface area (Å²) in [5.41, 5.74) is 1.93. The van der Waals surface area contributed by atoms with E-state index in [0.29, 0.717) is 52.6 Å². The highest BCUT2D eigenvalue weighted by molar-refractivity contribution is 6.42. The van der Waals surface area contributed by atoms with E-state index >= 15 is 0 Å². The number of rotatable bonds is 7. The smallest absolute Gasteiger partial charge is 0.260 e. The van der Waals surface area contributed by atoms with Crippen molar-refractivity contribution >= 4 is 34.7 Å². The van der Waals surface area contributed by atoms with Gasteiger partial charge in [-0.2, -0.15) is 0 Å². The predicted octanol–water partition coefficient (Wildman–Crippen LogP) is 4.71. The molecule has 30 heavy (non-hydrogen) atoms. The molecule has 0 saturated heterocycles. The lowest BCUT2D eigenvalue weighted by Gasteiger charge is -2.28. The Labute approximate surface area is 185 Å². The molecule has 8 heteroatoms. The molecule has 0 fully saturated rings. The van der Waals surface area contributed by atoms with Gasteiger partial charge in [0.2, 0.25) is 0 Å². The third-order valence-electron chi connectivity index (χ3n) is 4.85. The van der Waals surface area contributed by atoms with Gasteiger partial charge in [-0.1, -0.05) is 29.3 Å². The average molecular weight is 452 g/mol. The minimum atomic E-state index is -0.106. The van der Waals surface area contributed by atoms with Crippen molar-refractivity contribution in [2.24, 2.45) is 0 Å². The van der Waals surface area contributed by atoms with Gasteiger partial charge in [-0.05, 0) is 24.1 Å². The van der Waals surface area contributed by atoms with Crippen LogP contribution in [-0.2, 0) is 4.79 Å². The molecule has 1 amide bonds. The molecule has 160 valence electrons. The van der Waals surface area contributed by atoms with Crippen molar-refractivity contribution in [2.75, 3.05) is 41.0 Å². The normalized spacial score (nSPS) is 13.5. The quantitative estimate of drug-likeness (QED) is 0.609. The second kappa shape index (κ2) is 9.96. The number of methoxy groups -OCH3 is 3. The number of carbonyl (C=O) groups is 1. The van der Waals surface area contributed by atoms with Gasteiger partial charge in [-0.3, -0.25) is 4.79 Å². The van der Waals surface area contributed by atoms with Crippen LogP contribution in [-0.4, -0.2) is 51.8 Å². The Balaban J connectivity index is 1.69. The average Bonchev–Trinajstić information content (AvgIpc) is 2.78. The van der Waals surface area contributed by atoms with E-state index in [0.717, 1.165) is 11.1 Å². The molecule has 3 rings (SSSR count). The van der Waals surface area contributed by atoms with E-state index < -0.39 is 0 Å². The molecule has 0 atom stereocenters. The molecule has 0 saturated carbocycles. The Morgan fingerprint density at radius 1 is 0.967 bits per heavy atom. The fourth-order valence-electron chi connectivity index (χ4n) is 3.25. The molecule has 2 aromatic carbocycles. The first-order valence-electron chi connectivity index (χ1n) is 9.31. The van der Waals surface area contributed by atoms with Crippen LogP contribution in [0.4, 0.5) is 0 Å². The number of halogens is 2. The van der Waals surface area contributed by atoms with Gasteiger partial charge in [0.1, 0.15) is 23.0 Å². The predicted molar refractivity (Wildman–Crippen MR) is 117 cm³/mol. The van der Waals surface area contributed by atoms with Crippen LogP contribution in [0.1, 0.15) is 12.0 Å². The number of hydrogen-bond acceptors (Lipinski definition) is 5. The summed E-state index contributed by atoms with van der Waals surface area (Å²) in [6, 6.07) is 8.55. The van der Waals surface area contributed by atoms with E-state index in [4.69, 9.17) is 42.1 Å². The summed E-state index contributed by atoms with van der Waals surface area (Å²) < 4.78 is 21.9. The molecule has 1 heterocycles. The zero-order valence-corrected chi connectivity index (χ0v) is 18.5. The Hall–Kier alpha value is -2.57. The lowest BCUT2D eigenvalue weighted by molar-refractivity contribution is -0.132. The SMILES string of the molecule is COc1cc(OC)c(C2=CCN(C(=O)COc3ccc(Cl)c(Cl)c3)CC2)c(OC)c1. The van der Waals surface area contributed by atoms with Gasteiger partial charge in [-0.15, -0.1) is 0 Å². The van der Waals surface area contributed by atoms with Gasteiger partial charge in [0.25, 0.3) is 5.91 Å². The van der Waals surface area contributed by atoms with Crippen molar-refractivity contribution in [3.8, 4) is 23.0 Å². The lowest BCUT2D eigenvalue weighted by atomic mass is 9.97. The number of benzene rings is 2. The number of ether oxygens (including phenoxy) is 4. The van der Waals surface area contributed by atoms with Crippen molar-refractivity contribution in [1.29, 1.82) is 0 Å². The van der Waals surface area contributed by atoms with Crippen LogP contribution in [0, 0.1) is 0 Å². The highest BCUT2D eigenvalue weighted by atomic mass is 35.5. The van der Waals surface area contributed by atoms with Gasteiger partial charge >= 0.3 is 0 Å². The van der Waals surface area contributed by atoms with Crippen LogP contribution in [0.3, 0.4) is 0 Å². The Morgan fingerprint density at radius 2 is 1.67 bits per heavy atom. The maximum Gasteiger partial charge on any atom is 0.260 e. The molecule has 0 radical (unpaired) electrons. The van der Waals surface area contributed by atoms with Crippen LogP contribution in [0.5, 0.6) is 23.0 Å². The van der Waals surface area contributed by atoms with Crippen LogP contribution in [0.2, 0.25) is 10.0 Å². The van der Waals surface area contributed by atoms with E-state index in [-0.39, 0.29) is 12.5 Å². The van der Waals surface area contributed by atoms with Crippen LogP contribution < -0.4 is 18.9 Å². The van der Waals surface area contributed by atoms with E-state index in [9.17, 15) is 4.79 Å². The Morgan fingerprint density at radius 3 is 2.20 bits per heavy atom. The van der Waals surface area contributed by atoms with Gasteiger partial charge in [0.05, 0.1) is 36.9 Å². The molecule has 0 aliphatic carbocycles. The maximum atomic E-state index is 12.5. The Bertz CT molecular complexity index is 936. The third kappa shape index (κ3) is 4.94. The van der Waals surface area contributed by atoms with Crippen molar-refractivity contribution in [1.82, 2.24) is 4.90 Å². The van der Waals surface area contributed by atoms with Gasteiger partial charge in [0.15, 0.2) is 6.61 Å². The summed E-state index contributed by atoms with van der Waals surface area (Å²) in [6.07, 6.45) is 2.67. The molecule has 2 aromatic rings. The summed E-state index contributed by atoms with van der Waals surface area (Å²) in [4.78, 5) is 14.3. The van der Waals surface area contributed by atoms with Crippen LogP contribution in [0.25, 0.3) is 5.57 Å². The van der Waals surface area contributed by atoms with Gasteiger partial charge in [0, 0.05) is 31.3 Å². The Kier molecular flexibility index (Phi) is 7.34. The van der Waals surface area contributed by atoms with E-state index in [1.165, 1.54) is 0 Å². The first kappa shape index (κ1) is 22.1. The molecule has 0 spiro atoms. The summed E-state index contributed by atoms with van der Waals surface area (Å²) in [7, 11) is 4.81. The zero-order valence-electron chi connectivity index (χ0n) is 17.0. The first-order chi connectivity index (χ1) is 14.5. The first-order valence-corrected chi connectivity index (χ1v) is 10.1. The summed E-state index contributed by atoms with van der Waals surface area (Å²) in [5, 5.41) is 0.822. The summed E-state index contributed by atoms with van der Waals surface area (Å²) in [5.74, 6) is 2.38. The molecule has 1 aliphatic rings. The second-order valence-electron chi connectivity index (χ2n) is 6.59. The molecular weight excluding hydrogens is 429 g/mol. The largest absolute Gasteiger partial charge is 0.496 e. The van der Waals surface area contributed by atoms with Crippen molar-refractivity contribution in [3.63, 3.8) is 0 Å². The molecule has 0 N–H and O–H groups in total. The monoisotopic (exact) mass is 451 g/mol. The standard InChI is InChI=1S/C22H23Cl2NO5/c1-27-16-11-19(28-2)22(20(12-16)29-3)14-6-8-25(9-7-14)21(26)13-30-15-4-5-17(23)18(24)10-15/h4-6,10-12H,7-9,13H2,1-3H3. The van der Waals surface area contributed by atoms with Crippen molar-refractivity contribution in [3.05, 3.63) is 52.0 Å². The second-order valence-corrected chi connectivity index (χ2v) is 7.41. The third-order valence-corrected chi connectivity index (χ3v) is 5.59. The van der Waals surface area contributed by atoms with Crippen LogP contribution >= 0.6 is 23.2 Å². The lowest BCUT2D eigenvalue weighted by Crippen LogP contribution is -2.37. The van der Waals surface area contributed by atoms with Gasteiger partial charge < -0.3 is 23.8 Å². The molecule has 1 aliphatic heterocycles. The highest BCUT2D eigenvalue weighted by Crippen LogP contribution is 2.40. The van der Waals surface area contributed by atoms with E-state index in [2.05, 4.69) is 0 Å². The van der Waals surface area contributed by atoms with Gasteiger partial charge in [-0.25, -0.2) is 0 Å². The maximum absolute atomic E-state index is 12.5. The zero-order chi connectivity index (χ0) is 21.7. The van der Waals surface area contributed by atoms with E-state index in [1.807, 2.05) is 18.2 Å². The molecule has 0 unspecified atom stereocenters. The number of carbonyl (C=O) groups excluding carboxylic acids is 1. The van der Waals surface area contributed by atoms with Crippen LogP contribution in [0.15, 0.2) is 36.4 Å². The number of nitrogens with zero attached hydrogens (tertiary/aromatic N) is 1. The fraction of sp³-hybridized carbons (Fsp3) is 0.318. The topological polar surface area (TPSA) is 57.2 Å². The van der Waals surface area contributed by atoms with Crippen molar-refractivity contribution in [2.45, 2.75) is 6.42 Å². The summed E-state index contributed by atoms with van der Waals surface area (Å²) >= 11 is 11.9. The van der Waals surface area contributed by atoms with Crippen molar-refractivity contribution < 1.29 is 23.7 Å². The minimum absolute atomic E-state index is 0.0731. The molecule has 0 bridgehead atoms. The van der Waals surface area contributed by atoms with E-state index in [1.54, 1.807) is 44.4 Å². The fourth-order valence-corrected chi connectivity index (χ4v) is 3.54. The number of hydrogen-bond donors (Lipinski definition) is 0.